The van der Waals surface area contributed by atoms with E-state index >= 15 is 0 Å². The Hall–Kier alpha value is -1.35. The first-order valence-corrected chi connectivity index (χ1v) is 6.40. The molecular weight excluding hydrogens is 347 g/mol. The molecule has 0 fully saturated rings. The Bertz CT molecular complexity index is 588. The summed E-state index contributed by atoms with van der Waals surface area (Å²) in [5, 5.41) is 4.40. The number of hydrazine groups is 1. The number of nitrogens with zero attached hydrogens (tertiary/aromatic N) is 2. The van der Waals surface area contributed by atoms with Gasteiger partial charge < -0.3 is 4.42 Å². The average molecular weight is 360 g/mol. The van der Waals surface area contributed by atoms with Crippen LogP contribution in [0.3, 0.4) is 0 Å². The van der Waals surface area contributed by atoms with E-state index in [1.807, 2.05) is 24.0 Å². The fraction of sp³-hybridized carbons (Fsp3) is 0.273. The van der Waals surface area contributed by atoms with Gasteiger partial charge in [-0.05, 0) is 48.6 Å². The molecule has 1 amide bonds. The third-order valence-electron chi connectivity index (χ3n) is 2.62. The summed E-state index contributed by atoms with van der Waals surface area (Å²) in [5.41, 5.74) is 4.09. The van der Waals surface area contributed by atoms with E-state index in [1.54, 1.807) is 12.1 Å². The Kier molecular flexibility index (Phi) is 3.71. The number of rotatable bonds is 3. The standard InChI is InChI=1S/C11H13IN4O2/c1-6-10(12)7(2)16(15-6)5-8-3-4-9(18-8)11(17)14-13/h3-4H,5,13H2,1-2H3,(H,14,17). The molecule has 18 heavy (non-hydrogen) atoms. The number of hydrogen-bond acceptors (Lipinski definition) is 4. The Labute approximate surface area is 118 Å². The molecule has 0 bridgehead atoms. The molecule has 96 valence electrons. The van der Waals surface area contributed by atoms with Crippen molar-refractivity contribution < 1.29 is 9.21 Å². The van der Waals surface area contributed by atoms with Crippen molar-refractivity contribution in [3.8, 4) is 0 Å². The van der Waals surface area contributed by atoms with Crippen molar-refractivity contribution in [1.82, 2.24) is 15.2 Å². The van der Waals surface area contributed by atoms with Crippen LogP contribution >= 0.6 is 22.6 Å². The highest BCUT2D eigenvalue weighted by Gasteiger charge is 2.13. The van der Waals surface area contributed by atoms with Crippen LogP contribution in [0.25, 0.3) is 0 Å². The SMILES string of the molecule is Cc1nn(Cc2ccc(C(=O)NN)o2)c(C)c1I. The van der Waals surface area contributed by atoms with Gasteiger partial charge in [0.05, 0.1) is 15.8 Å². The summed E-state index contributed by atoms with van der Waals surface area (Å²) < 4.78 is 8.37. The number of aromatic nitrogens is 2. The molecule has 0 atom stereocenters. The lowest BCUT2D eigenvalue weighted by Crippen LogP contribution is -2.29. The van der Waals surface area contributed by atoms with Crippen molar-refractivity contribution in [1.29, 1.82) is 0 Å². The van der Waals surface area contributed by atoms with E-state index in [2.05, 4.69) is 27.7 Å². The van der Waals surface area contributed by atoms with E-state index < -0.39 is 5.91 Å². The summed E-state index contributed by atoms with van der Waals surface area (Å²) >= 11 is 2.26. The van der Waals surface area contributed by atoms with Gasteiger partial charge >= 0.3 is 5.91 Å². The summed E-state index contributed by atoms with van der Waals surface area (Å²) in [6.07, 6.45) is 0. The van der Waals surface area contributed by atoms with Crippen LogP contribution in [0.15, 0.2) is 16.5 Å². The predicted molar refractivity (Wildman–Crippen MR) is 73.9 cm³/mol. The molecule has 0 aliphatic rings. The van der Waals surface area contributed by atoms with E-state index in [4.69, 9.17) is 10.3 Å². The number of furan rings is 1. The minimum absolute atomic E-state index is 0.198. The highest BCUT2D eigenvalue weighted by atomic mass is 127. The molecule has 0 saturated carbocycles. The molecule has 3 N–H and O–H groups in total. The molecule has 2 aromatic heterocycles. The molecule has 0 unspecified atom stereocenters. The first-order valence-electron chi connectivity index (χ1n) is 5.32. The third-order valence-corrected chi connectivity index (χ3v) is 4.18. The zero-order chi connectivity index (χ0) is 13.3. The highest BCUT2D eigenvalue weighted by molar-refractivity contribution is 14.1. The normalized spacial score (nSPS) is 10.7. The maximum atomic E-state index is 11.3. The molecule has 2 heterocycles. The quantitative estimate of drug-likeness (QED) is 0.375. The lowest BCUT2D eigenvalue weighted by Gasteiger charge is -2.01. The summed E-state index contributed by atoms with van der Waals surface area (Å²) in [7, 11) is 0. The molecule has 7 heteroatoms. The molecule has 2 aromatic rings. The molecule has 0 aliphatic heterocycles. The maximum Gasteiger partial charge on any atom is 0.300 e. The maximum absolute atomic E-state index is 11.3. The molecule has 0 aliphatic carbocycles. The number of nitrogens with one attached hydrogen (secondary N) is 1. The second-order valence-electron chi connectivity index (χ2n) is 3.88. The van der Waals surface area contributed by atoms with Gasteiger partial charge in [-0.3, -0.25) is 14.9 Å². The zero-order valence-electron chi connectivity index (χ0n) is 10.0. The fourth-order valence-electron chi connectivity index (χ4n) is 1.63. The number of carbonyl (C=O) groups is 1. The van der Waals surface area contributed by atoms with E-state index in [0.29, 0.717) is 12.3 Å². The van der Waals surface area contributed by atoms with Gasteiger partial charge in [-0.2, -0.15) is 5.10 Å². The Morgan fingerprint density at radius 3 is 2.83 bits per heavy atom. The summed E-state index contributed by atoms with van der Waals surface area (Å²) in [5.74, 6) is 5.46. The van der Waals surface area contributed by atoms with Crippen molar-refractivity contribution in [3.63, 3.8) is 0 Å². The van der Waals surface area contributed by atoms with Crippen molar-refractivity contribution >= 4 is 28.5 Å². The highest BCUT2D eigenvalue weighted by Crippen LogP contribution is 2.17. The first kappa shape index (κ1) is 13.1. The summed E-state index contributed by atoms with van der Waals surface area (Å²) in [4.78, 5) is 11.3. The van der Waals surface area contributed by atoms with Gasteiger partial charge in [-0.25, -0.2) is 5.84 Å². The van der Waals surface area contributed by atoms with Gasteiger partial charge in [-0.15, -0.1) is 0 Å². The van der Waals surface area contributed by atoms with Gasteiger partial charge in [-0.1, -0.05) is 0 Å². The van der Waals surface area contributed by atoms with Crippen LogP contribution in [-0.2, 0) is 6.54 Å². The Balaban J connectivity index is 2.21. The van der Waals surface area contributed by atoms with Crippen LogP contribution in [0.2, 0.25) is 0 Å². The van der Waals surface area contributed by atoms with Gasteiger partial charge in [0.15, 0.2) is 5.76 Å². The fourth-order valence-corrected chi connectivity index (χ4v) is 2.02. The van der Waals surface area contributed by atoms with Gasteiger partial charge in [0.25, 0.3) is 0 Å². The second-order valence-corrected chi connectivity index (χ2v) is 4.96. The lowest BCUT2D eigenvalue weighted by molar-refractivity contribution is 0.0924. The molecule has 0 saturated heterocycles. The van der Waals surface area contributed by atoms with E-state index in [0.717, 1.165) is 15.0 Å². The van der Waals surface area contributed by atoms with Crippen molar-refractivity contribution in [3.05, 3.63) is 38.6 Å². The molecule has 0 spiro atoms. The van der Waals surface area contributed by atoms with E-state index in [1.165, 1.54) is 0 Å². The smallest absolute Gasteiger partial charge is 0.300 e. The summed E-state index contributed by atoms with van der Waals surface area (Å²) in [6.45, 7) is 4.45. The van der Waals surface area contributed by atoms with Crippen molar-refractivity contribution in [2.75, 3.05) is 0 Å². The molecule has 0 radical (unpaired) electrons. The number of aryl methyl sites for hydroxylation is 1. The number of carbonyl (C=O) groups excluding carboxylic acids is 1. The van der Waals surface area contributed by atoms with E-state index in [-0.39, 0.29) is 5.76 Å². The molecule has 2 rings (SSSR count). The summed E-state index contributed by atoms with van der Waals surface area (Å²) in [6, 6.07) is 3.34. The van der Waals surface area contributed by atoms with Crippen LogP contribution in [0.5, 0.6) is 0 Å². The molecular formula is C11H13IN4O2. The van der Waals surface area contributed by atoms with E-state index in [9.17, 15) is 4.79 Å². The topological polar surface area (TPSA) is 86.1 Å². The zero-order valence-corrected chi connectivity index (χ0v) is 12.2. The van der Waals surface area contributed by atoms with Crippen LogP contribution in [0.4, 0.5) is 0 Å². The number of nitrogen functional groups attached to an aromatic ring is 1. The van der Waals surface area contributed by atoms with Crippen molar-refractivity contribution in [2.24, 2.45) is 5.84 Å². The van der Waals surface area contributed by atoms with Crippen LogP contribution in [0, 0.1) is 17.4 Å². The number of halogens is 1. The predicted octanol–water partition coefficient (Wildman–Crippen LogP) is 1.35. The van der Waals surface area contributed by atoms with Crippen molar-refractivity contribution in [2.45, 2.75) is 20.4 Å². The second kappa shape index (κ2) is 5.11. The van der Waals surface area contributed by atoms with Gasteiger partial charge in [0.1, 0.15) is 5.76 Å². The van der Waals surface area contributed by atoms with Crippen LogP contribution in [-0.4, -0.2) is 15.7 Å². The number of nitrogens with two attached hydrogens (primary N) is 1. The lowest BCUT2D eigenvalue weighted by atomic mass is 10.4. The molecule has 6 nitrogen and oxygen atoms in total. The van der Waals surface area contributed by atoms with Gasteiger partial charge in [0.2, 0.25) is 0 Å². The first-order chi connectivity index (χ1) is 8.52. The minimum Gasteiger partial charge on any atom is -0.454 e. The Morgan fingerprint density at radius 1 is 1.56 bits per heavy atom. The number of amides is 1. The van der Waals surface area contributed by atoms with Crippen LogP contribution in [0.1, 0.15) is 27.7 Å². The third kappa shape index (κ3) is 2.41. The van der Waals surface area contributed by atoms with Crippen LogP contribution < -0.4 is 11.3 Å². The largest absolute Gasteiger partial charge is 0.454 e. The monoisotopic (exact) mass is 360 g/mol. The Morgan fingerprint density at radius 2 is 2.28 bits per heavy atom. The average Bonchev–Trinajstić information content (AvgIpc) is 2.91. The minimum atomic E-state index is -0.441. The van der Waals surface area contributed by atoms with Gasteiger partial charge in [0, 0.05) is 5.69 Å². The number of hydrogen-bond donors (Lipinski definition) is 2. The molecule has 0 aromatic carbocycles.